The first-order valence-electron chi connectivity index (χ1n) is 9.18. The Morgan fingerprint density at radius 2 is 1.68 bits per heavy atom. The van der Waals surface area contributed by atoms with E-state index in [9.17, 15) is 14.7 Å². The Balaban J connectivity index is 1.85. The minimum atomic E-state index is -0.291. The van der Waals surface area contributed by atoms with Crippen molar-refractivity contribution in [1.82, 2.24) is 10.6 Å². The molecule has 0 unspecified atom stereocenters. The van der Waals surface area contributed by atoms with Gasteiger partial charge in [-0.3, -0.25) is 4.79 Å². The number of nitrogens with one attached hydrogen (secondary N) is 3. The van der Waals surface area contributed by atoms with E-state index in [0.29, 0.717) is 29.2 Å². The van der Waals surface area contributed by atoms with Crippen LogP contribution in [0, 0.1) is 5.92 Å². The van der Waals surface area contributed by atoms with Crippen LogP contribution in [0.1, 0.15) is 29.8 Å². The predicted octanol–water partition coefficient (Wildman–Crippen LogP) is 3.45. The van der Waals surface area contributed by atoms with Crippen LogP contribution < -0.4 is 16.0 Å². The lowest BCUT2D eigenvalue weighted by Crippen LogP contribution is -2.34. The first kappa shape index (κ1) is 21.7. The van der Waals surface area contributed by atoms with Crippen molar-refractivity contribution in [2.75, 3.05) is 18.5 Å². The highest BCUT2D eigenvalue weighted by Crippen LogP contribution is 2.14. The third-order valence-electron chi connectivity index (χ3n) is 4.07. The summed E-state index contributed by atoms with van der Waals surface area (Å²) in [7, 11) is 0. The van der Waals surface area contributed by atoms with Gasteiger partial charge in [0, 0.05) is 41.4 Å². The molecule has 6 nitrogen and oxygen atoms in total. The number of carbonyl (C=O) groups is 2. The maximum absolute atomic E-state index is 12.3. The zero-order valence-electron chi connectivity index (χ0n) is 16.0. The topological polar surface area (TPSA) is 90.5 Å². The van der Waals surface area contributed by atoms with Crippen LogP contribution in [0.25, 0.3) is 0 Å². The zero-order chi connectivity index (χ0) is 20.5. The molecule has 3 amide bonds. The first-order chi connectivity index (χ1) is 13.4. The molecular formula is C21H26ClN3O3. The fourth-order valence-electron chi connectivity index (χ4n) is 2.63. The third-order valence-corrected chi connectivity index (χ3v) is 4.32. The number of urea groups is 1. The molecule has 0 radical (unpaired) electrons. The second kappa shape index (κ2) is 10.7. The van der Waals surface area contributed by atoms with E-state index in [-0.39, 0.29) is 30.5 Å². The first-order valence-corrected chi connectivity index (χ1v) is 9.56. The highest BCUT2D eigenvalue weighted by Gasteiger charge is 2.12. The maximum atomic E-state index is 12.3. The zero-order valence-corrected chi connectivity index (χ0v) is 16.8. The summed E-state index contributed by atoms with van der Waals surface area (Å²) in [5.41, 5.74) is 2.14. The van der Waals surface area contributed by atoms with Crippen molar-refractivity contribution in [2.45, 2.75) is 26.3 Å². The van der Waals surface area contributed by atoms with Crippen molar-refractivity contribution in [3.8, 4) is 0 Å². The Morgan fingerprint density at radius 3 is 2.25 bits per heavy atom. The van der Waals surface area contributed by atoms with Crippen LogP contribution in [0.4, 0.5) is 10.5 Å². The second-order valence-electron chi connectivity index (χ2n) is 6.92. The molecule has 0 aliphatic carbocycles. The van der Waals surface area contributed by atoms with E-state index >= 15 is 0 Å². The van der Waals surface area contributed by atoms with Crippen molar-refractivity contribution in [3.05, 3.63) is 64.7 Å². The molecule has 0 spiro atoms. The third kappa shape index (κ3) is 7.21. The molecule has 0 saturated carbocycles. The van der Waals surface area contributed by atoms with Gasteiger partial charge >= 0.3 is 6.03 Å². The van der Waals surface area contributed by atoms with Gasteiger partial charge in [0.2, 0.25) is 0 Å². The van der Waals surface area contributed by atoms with Crippen LogP contribution in [-0.4, -0.2) is 36.2 Å². The van der Waals surface area contributed by atoms with Crippen molar-refractivity contribution in [3.63, 3.8) is 0 Å². The van der Waals surface area contributed by atoms with Gasteiger partial charge in [0.05, 0.1) is 0 Å². The van der Waals surface area contributed by atoms with E-state index in [2.05, 4.69) is 16.0 Å². The lowest BCUT2D eigenvalue weighted by molar-refractivity contribution is 0.0940. The summed E-state index contributed by atoms with van der Waals surface area (Å²) in [5.74, 6) is -0.321. The van der Waals surface area contributed by atoms with Crippen LogP contribution in [0.5, 0.6) is 0 Å². The van der Waals surface area contributed by atoms with Crippen LogP contribution in [0.2, 0.25) is 5.02 Å². The Bertz CT molecular complexity index is 776. The SMILES string of the molecule is CC(C)NC(=O)Nc1ccc(C(=O)NC[C@H](CO)Cc2ccc(Cl)cc2)cc1. The molecule has 7 heteroatoms. The molecule has 2 rings (SSSR count). The van der Waals surface area contributed by atoms with Crippen molar-refractivity contribution >= 4 is 29.2 Å². The fraction of sp³-hybridized carbons (Fsp3) is 0.333. The number of hydrogen-bond donors (Lipinski definition) is 4. The van der Waals surface area contributed by atoms with Crippen LogP contribution in [0.15, 0.2) is 48.5 Å². The number of amides is 3. The van der Waals surface area contributed by atoms with Crippen molar-refractivity contribution < 1.29 is 14.7 Å². The molecule has 0 fully saturated rings. The highest BCUT2D eigenvalue weighted by atomic mass is 35.5. The number of carbonyl (C=O) groups excluding carboxylic acids is 2. The average molecular weight is 404 g/mol. The summed E-state index contributed by atoms with van der Waals surface area (Å²) >= 11 is 5.88. The number of aliphatic hydroxyl groups is 1. The van der Waals surface area contributed by atoms with E-state index in [1.54, 1.807) is 36.4 Å². The summed E-state index contributed by atoms with van der Waals surface area (Å²) in [6.45, 7) is 4.07. The number of hydrogen-bond acceptors (Lipinski definition) is 3. The summed E-state index contributed by atoms with van der Waals surface area (Å²) in [6.07, 6.45) is 0.641. The van der Waals surface area contributed by atoms with E-state index in [1.807, 2.05) is 26.0 Å². The van der Waals surface area contributed by atoms with Crippen LogP contribution in [-0.2, 0) is 6.42 Å². The number of benzene rings is 2. The fourth-order valence-corrected chi connectivity index (χ4v) is 2.75. The van der Waals surface area contributed by atoms with Crippen LogP contribution >= 0.6 is 11.6 Å². The molecule has 0 bridgehead atoms. The summed E-state index contributed by atoms with van der Waals surface area (Å²) in [4.78, 5) is 24.0. The molecule has 2 aromatic carbocycles. The van der Waals surface area contributed by atoms with Gasteiger partial charge in [-0.05, 0) is 62.2 Å². The molecule has 28 heavy (non-hydrogen) atoms. The molecule has 150 valence electrons. The molecular weight excluding hydrogens is 378 g/mol. The summed E-state index contributed by atoms with van der Waals surface area (Å²) in [6, 6.07) is 13.8. The Labute approximate surface area is 170 Å². The number of halogens is 1. The van der Waals surface area contributed by atoms with E-state index < -0.39 is 0 Å². The van der Waals surface area contributed by atoms with Gasteiger partial charge < -0.3 is 21.1 Å². The Kier molecular flexibility index (Phi) is 8.29. The molecule has 1 atom stereocenters. The maximum Gasteiger partial charge on any atom is 0.319 e. The molecule has 0 aromatic heterocycles. The van der Waals surface area contributed by atoms with Gasteiger partial charge in [-0.15, -0.1) is 0 Å². The standard InChI is InChI=1S/C21H26ClN3O3/c1-14(2)24-21(28)25-19-9-5-17(6-10-19)20(27)23-12-16(13-26)11-15-3-7-18(22)8-4-15/h3-10,14,16,26H,11-13H2,1-2H3,(H,23,27)(H2,24,25,28)/t16-/m1/s1. The summed E-state index contributed by atoms with van der Waals surface area (Å²) < 4.78 is 0. The largest absolute Gasteiger partial charge is 0.396 e. The second-order valence-corrected chi connectivity index (χ2v) is 7.36. The predicted molar refractivity (Wildman–Crippen MR) is 112 cm³/mol. The highest BCUT2D eigenvalue weighted by molar-refractivity contribution is 6.30. The average Bonchev–Trinajstić information content (AvgIpc) is 2.66. The van der Waals surface area contributed by atoms with E-state index in [0.717, 1.165) is 5.56 Å². The minimum absolute atomic E-state index is 0.0310. The Hall–Kier alpha value is -2.57. The smallest absolute Gasteiger partial charge is 0.319 e. The normalized spacial score (nSPS) is 11.8. The van der Waals surface area contributed by atoms with Crippen molar-refractivity contribution in [2.24, 2.45) is 5.92 Å². The van der Waals surface area contributed by atoms with Gasteiger partial charge in [0.15, 0.2) is 0 Å². The number of anilines is 1. The van der Waals surface area contributed by atoms with Crippen molar-refractivity contribution in [1.29, 1.82) is 0 Å². The number of aliphatic hydroxyl groups excluding tert-OH is 1. The van der Waals surface area contributed by atoms with Gasteiger partial charge in [0.1, 0.15) is 0 Å². The van der Waals surface area contributed by atoms with Gasteiger partial charge in [-0.1, -0.05) is 23.7 Å². The molecule has 0 heterocycles. The number of rotatable bonds is 8. The van der Waals surface area contributed by atoms with Gasteiger partial charge in [-0.2, -0.15) is 0 Å². The summed E-state index contributed by atoms with van der Waals surface area (Å²) in [5, 5.41) is 18.5. The lowest BCUT2D eigenvalue weighted by atomic mass is 10.00. The molecule has 2 aromatic rings. The van der Waals surface area contributed by atoms with Crippen LogP contribution in [0.3, 0.4) is 0 Å². The minimum Gasteiger partial charge on any atom is -0.396 e. The van der Waals surface area contributed by atoms with E-state index in [1.165, 1.54) is 0 Å². The molecule has 0 aliphatic rings. The Morgan fingerprint density at radius 1 is 1.04 bits per heavy atom. The van der Waals surface area contributed by atoms with Gasteiger partial charge in [0.25, 0.3) is 5.91 Å². The van der Waals surface area contributed by atoms with E-state index in [4.69, 9.17) is 11.6 Å². The molecule has 4 N–H and O–H groups in total. The monoisotopic (exact) mass is 403 g/mol. The molecule has 0 aliphatic heterocycles. The molecule has 0 saturated heterocycles. The van der Waals surface area contributed by atoms with Gasteiger partial charge in [-0.25, -0.2) is 4.79 Å². The lowest BCUT2D eigenvalue weighted by Gasteiger charge is -2.15. The quantitative estimate of drug-likeness (QED) is 0.544.